The molecule has 0 aromatic heterocycles. The molecule has 0 unspecified atom stereocenters. The van der Waals surface area contributed by atoms with Crippen LogP contribution in [-0.4, -0.2) is 27.4 Å². The molecule has 0 saturated heterocycles. The zero-order chi connectivity index (χ0) is 18.1. The Hall–Kier alpha value is -0.600. The molecule has 2 nitrogen and oxygen atoms in total. The fourth-order valence-electron chi connectivity index (χ4n) is 2.48. The predicted octanol–water partition coefficient (Wildman–Crippen LogP) is 7.10. The van der Waals surface area contributed by atoms with Crippen LogP contribution in [0.3, 0.4) is 0 Å². The molecule has 0 aromatic carbocycles. The molecule has 0 rings (SSSR count). The fourth-order valence-corrected chi connectivity index (χ4v) is 2.48. The summed E-state index contributed by atoms with van der Waals surface area (Å²) in [5, 5.41) is 0. The summed E-state index contributed by atoms with van der Waals surface area (Å²) in [7, 11) is 3.54. The lowest BCUT2D eigenvalue weighted by Crippen LogP contribution is -1.88. The number of methoxy groups -OCH3 is 2. The van der Waals surface area contributed by atoms with E-state index >= 15 is 0 Å². The summed E-state index contributed by atoms with van der Waals surface area (Å²) in [5.74, 6) is 0. The maximum atomic E-state index is 4.97. The molecule has 0 amide bonds. The van der Waals surface area contributed by atoms with Crippen molar-refractivity contribution in [3.63, 3.8) is 0 Å². The topological polar surface area (TPSA) is 18.5 Å². The van der Waals surface area contributed by atoms with Crippen molar-refractivity contribution in [1.82, 2.24) is 0 Å². The fraction of sp³-hybridized carbons (Fsp3) is 0.818. The summed E-state index contributed by atoms with van der Waals surface area (Å²) < 4.78 is 9.95. The lowest BCUT2D eigenvalue weighted by molar-refractivity contribution is 0.192. The van der Waals surface area contributed by atoms with Crippen LogP contribution in [0.25, 0.3) is 0 Å². The van der Waals surface area contributed by atoms with Crippen molar-refractivity contribution < 1.29 is 9.47 Å². The van der Waals surface area contributed by atoms with Crippen LogP contribution in [0.2, 0.25) is 0 Å². The lowest BCUT2D eigenvalue weighted by Gasteiger charge is -1.99. The van der Waals surface area contributed by atoms with Crippen LogP contribution in [0.15, 0.2) is 25.3 Å². The van der Waals surface area contributed by atoms with Crippen LogP contribution < -0.4 is 0 Å². The van der Waals surface area contributed by atoms with Gasteiger partial charge >= 0.3 is 0 Å². The smallest absolute Gasteiger partial charge is 0.0462 e. The second kappa shape index (κ2) is 27.3. The third-order valence-electron chi connectivity index (χ3n) is 4.01. The van der Waals surface area contributed by atoms with E-state index in [0.29, 0.717) is 0 Å². The Morgan fingerprint density at radius 3 is 1.08 bits per heavy atom. The molecule has 0 aliphatic carbocycles. The molecule has 144 valence electrons. The first-order valence-electron chi connectivity index (χ1n) is 10.0. The molecule has 0 saturated carbocycles. The van der Waals surface area contributed by atoms with Gasteiger partial charge in [0.05, 0.1) is 0 Å². The molecule has 0 spiro atoms. The van der Waals surface area contributed by atoms with Crippen LogP contribution in [0.1, 0.15) is 89.9 Å². The zero-order valence-corrected chi connectivity index (χ0v) is 16.7. The van der Waals surface area contributed by atoms with E-state index in [-0.39, 0.29) is 0 Å². The van der Waals surface area contributed by atoms with Gasteiger partial charge in [-0.3, -0.25) is 0 Å². The molecule has 0 fully saturated rings. The second-order valence-corrected chi connectivity index (χ2v) is 6.38. The van der Waals surface area contributed by atoms with E-state index in [1.54, 1.807) is 14.2 Å². The van der Waals surface area contributed by atoms with Gasteiger partial charge in [-0.25, -0.2) is 0 Å². The minimum Gasteiger partial charge on any atom is -0.385 e. The van der Waals surface area contributed by atoms with Crippen molar-refractivity contribution >= 4 is 0 Å². The number of unbranched alkanes of at least 4 members (excludes halogenated alkanes) is 12. The van der Waals surface area contributed by atoms with Gasteiger partial charge in [-0.05, 0) is 38.5 Å². The highest BCUT2D eigenvalue weighted by Crippen LogP contribution is 2.07. The van der Waals surface area contributed by atoms with Crippen LogP contribution in [0.5, 0.6) is 0 Å². The average molecular weight is 341 g/mol. The number of ether oxygens (including phenoxy) is 2. The van der Waals surface area contributed by atoms with Gasteiger partial charge in [0, 0.05) is 27.4 Å². The van der Waals surface area contributed by atoms with Crippen molar-refractivity contribution in [2.45, 2.75) is 89.9 Å². The third kappa shape index (κ3) is 29.4. The molecule has 0 N–H and O–H groups in total. The largest absolute Gasteiger partial charge is 0.385 e. The van der Waals surface area contributed by atoms with Gasteiger partial charge in [-0.2, -0.15) is 0 Å². The SMILES string of the molecule is C=CCCCCCCCCOC.C=CCCCCCCCCOC. The Labute approximate surface area is 152 Å². The molecule has 24 heavy (non-hydrogen) atoms. The summed E-state index contributed by atoms with van der Waals surface area (Å²) in [5.41, 5.74) is 0. The van der Waals surface area contributed by atoms with Crippen molar-refractivity contribution in [3.8, 4) is 0 Å². The van der Waals surface area contributed by atoms with Crippen LogP contribution in [0.4, 0.5) is 0 Å². The Kier molecular flexibility index (Phi) is 29.1. The highest BCUT2D eigenvalue weighted by molar-refractivity contribution is 4.65. The van der Waals surface area contributed by atoms with E-state index in [2.05, 4.69) is 13.2 Å². The Morgan fingerprint density at radius 1 is 0.500 bits per heavy atom. The summed E-state index contributed by atoms with van der Waals surface area (Å²) in [6.45, 7) is 9.25. The van der Waals surface area contributed by atoms with Gasteiger partial charge in [0.2, 0.25) is 0 Å². The van der Waals surface area contributed by atoms with Crippen molar-refractivity contribution in [1.29, 1.82) is 0 Å². The molecule has 0 heterocycles. The Balaban J connectivity index is 0. The van der Waals surface area contributed by atoms with E-state index in [9.17, 15) is 0 Å². The van der Waals surface area contributed by atoms with Crippen LogP contribution >= 0.6 is 0 Å². The summed E-state index contributed by atoms with van der Waals surface area (Å²) >= 11 is 0. The van der Waals surface area contributed by atoms with E-state index in [1.165, 1.54) is 89.9 Å². The maximum Gasteiger partial charge on any atom is 0.0462 e. The standard InChI is InChI=1S/2C11H22O/c2*1-3-4-5-6-7-8-9-10-11-12-2/h2*3H,1,4-11H2,2H3. The van der Waals surface area contributed by atoms with Gasteiger partial charge < -0.3 is 9.47 Å². The van der Waals surface area contributed by atoms with Crippen molar-refractivity contribution in [3.05, 3.63) is 25.3 Å². The monoisotopic (exact) mass is 340 g/mol. The summed E-state index contributed by atoms with van der Waals surface area (Å²) in [6.07, 6.45) is 22.3. The molecule has 2 heteroatoms. The van der Waals surface area contributed by atoms with Crippen molar-refractivity contribution in [2.75, 3.05) is 27.4 Å². The van der Waals surface area contributed by atoms with Crippen molar-refractivity contribution in [2.24, 2.45) is 0 Å². The molecule has 0 atom stereocenters. The number of hydrogen-bond donors (Lipinski definition) is 0. The van der Waals surface area contributed by atoms with Gasteiger partial charge in [-0.1, -0.05) is 63.5 Å². The predicted molar refractivity (Wildman–Crippen MR) is 109 cm³/mol. The first-order chi connectivity index (χ1) is 11.8. The molecule has 0 aliphatic heterocycles. The highest BCUT2D eigenvalue weighted by Gasteiger charge is 1.90. The zero-order valence-electron chi connectivity index (χ0n) is 16.7. The number of rotatable bonds is 18. The summed E-state index contributed by atoms with van der Waals surface area (Å²) in [4.78, 5) is 0. The second-order valence-electron chi connectivity index (χ2n) is 6.38. The Bertz CT molecular complexity index is 202. The van der Waals surface area contributed by atoms with Gasteiger partial charge in [0.25, 0.3) is 0 Å². The van der Waals surface area contributed by atoms with Gasteiger partial charge in [-0.15, -0.1) is 13.2 Å². The van der Waals surface area contributed by atoms with Crippen LogP contribution in [0, 0.1) is 0 Å². The van der Waals surface area contributed by atoms with E-state index < -0.39 is 0 Å². The molecular formula is C22H44O2. The average Bonchev–Trinajstić information content (AvgIpc) is 2.60. The number of allylic oxidation sites excluding steroid dienone is 2. The van der Waals surface area contributed by atoms with E-state index in [0.717, 1.165) is 13.2 Å². The van der Waals surface area contributed by atoms with Gasteiger partial charge in [0.1, 0.15) is 0 Å². The first-order valence-corrected chi connectivity index (χ1v) is 10.0. The van der Waals surface area contributed by atoms with E-state index in [4.69, 9.17) is 9.47 Å². The summed E-state index contributed by atoms with van der Waals surface area (Å²) in [6, 6.07) is 0. The maximum absolute atomic E-state index is 4.97. The minimum absolute atomic E-state index is 0.923. The van der Waals surface area contributed by atoms with E-state index in [1.807, 2.05) is 12.2 Å². The molecule has 0 bridgehead atoms. The molecular weight excluding hydrogens is 296 g/mol. The number of hydrogen-bond acceptors (Lipinski definition) is 2. The van der Waals surface area contributed by atoms with Gasteiger partial charge in [0.15, 0.2) is 0 Å². The minimum atomic E-state index is 0.923. The lowest BCUT2D eigenvalue weighted by atomic mass is 10.1. The quantitative estimate of drug-likeness (QED) is 0.196. The molecule has 0 aliphatic rings. The molecule has 0 radical (unpaired) electrons. The highest BCUT2D eigenvalue weighted by atomic mass is 16.5. The normalized spacial score (nSPS) is 10.1. The molecule has 0 aromatic rings. The van der Waals surface area contributed by atoms with Crippen LogP contribution in [-0.2, 0) is 9.47 Å². The first kappa shape index (κ1) is 25.6. The third-order valence-corrected chi connectivity index (χ3v) is 4.01. The Morgan fingerprint density at radius 2 is 0.792 bits per heavy atom.